The van der Waals surface area contributed by atoms with Crippen molar-refractivity contribution in [3.8, 4) is 0 Å². The fourth-order valence-electron chi connectivity index (χ4n) is 2.46. The fourth-order valence-corrected chi connectivity index (χ4v) is 3.80. The molecule has 0 aromatic heterocycles. The number of nitrogens with two attached hydrogens (primary N) is 1. The Morgan fingerprint density at radius 1 is 1.37 bits per heavy atom. The topological polar surface area (TPSA) is 63.4 Å². The SMILES string of the molecule is CC(C)S(=O)(=O)N1CCCc2cc(CCN)ccc21. The van der Waals surface area contributed by atoms with Gasteiger partial charge in [0.15, 0.2) is 0 Å². The molecule has 5 heteroatoms. The van der Waals surface area contributed by atoms with Crippen LogP contribution in [0.1, 0.15) is 31.4 Å². The van der Waals surface area contributed by atoms with E-state index in [1.54, 1.807) is 18.2 Å². The van der Waals surface area contributed by atoms with Crippen molar-refractivity contribution in [2.45, 2.75) is 38.4 Å². The quantitative estimate of drug-likeness (QED) is 0.914. The van der Waals surface area contributed by atoms with E-state index in [4.69, 9.17) is 5.73 Å². The van der Waals surface area contributed by atoms with Gasteiger partial charge < -0.3 is 5.73 Å². The highest BCUT2D eigenvalue weighted by Gasteiger charge is 2.29. The van der Waals surface area contributed by atoms with Crippen LogP contribution in [0.5, 0.6) is 0 Å². The number of benzene rings is 1. The van der Waals surface area contributed by atoms with Crippen LogP contribution < -0.4 is 10.0 Å². The molecule has 0 spiro atoms. The predicted octanol–water partition coefficient (Wildman–Crippen LogP) is 1.68. The van der Waals surface area contributed by atoms with Gasteiger partial charge in [-0.15, -0.1) is 0 Å². The van der Waals surface area contributed by atoms with Crippen molar-refractivity contribution in [1.29, 1.82) is 0 Å². The molecule has 0 fully saturated rings. The maximum Gasteiger partial charge on any atom is 0.237 e. The molecule has 1 aromatic carbocycles. The van der Waals surface area contributed by atoms with Gasteiger partial charge in [0, 0.05) is 6.54 Å². The van der Waals surface area contributed by atoms with E-state index in [1.807, 2.05) is 12.1 Å². The second-order valence-electron chi connectivity index (χ2n) is 5.27. The molecule has 1 aromatic rings. The number of sulfonamides is 1. The maximum absolute atomic E-state index is 12.4. The third-order valence-electron chi connectivity index (χ3n) is 3.56. The van der Waals surface area contributed by atoms with E-state index < -0.39 is 10.0 Å². The summed E-state index contributed by atoms with van der Waals surface area (Å²) in [5.41, 5.74) is 8.73. The smallest absolute Gasteiger partial charge is 0.237 e. The zero-order chi connectivity index (χ0) is 14.0. The van der Waals surface area contributed by atoms with Crippen LogP contribution in [0.15, 0.2) is 18.2 Å². The van der Waals surface area contributed by atoms with E-state index in [0.29, 0.717) is 13.1 Å². The minimum atomic E-state index is -3.23. The number of aryl methyl sites for hydroxylation is 1. The van der Waals surface area contributed by atoms with E-state index in [0.717, 1.165) is 30.5 Å². The minimum absolute atomic E-state index is 0.387. The molecular formula is C14H22N2O2S. The molecule has 0 radical (unpaired) electrons. The highest BCUT2D eigenvalue weighted by atomic mass is 32.2. The van der Waals surface area contributed by atoms with Crippen molar-refractivity contribution < 1.29 is 8.42 Å². The summed E-state index contributed by atoms with van der Waals surface area (Å²) in [6.45, 7) is 4.66. The van der Waals surface area contributed by atoms with Crippen LogP contribution in [-0.2, 0) is 22.9 Å². The van der Waals surface area contributed by atoms with Crippen molar-refractivity contribution in [2.24, 2.45) is 5.73 Å². The second-order valence-corrected chi connectivity index (χ2v) is 7.68. The Morgan fingerprint density at radius 3 is 2.74 bits per heavy atom. The fraction of sp³-hybridized carbons (Fsp3) is 0.571. The van der Waals surface area contributed by atoms with Gasteiger partial charge in [-0.2, -0.15) is 0 Å². The average molecular weight is 282 g/mol. The van der Waals surface area contributed by atoms with Gasteiger partial charge >= 0.3 is 0 Å². The van der Waals surface area contributed by atoms with Crippen LogP contribution in [-0.4, -0.2) is 26.8 Å². The molecule has 1 aliphatic heterocycles. The monoisotopic (exact) mass is 282 g/mol. The molecule has 1 heterocycles. The Labute approximate surface area is 115 Å². The van der Waals surface area contributed by atoms with Crippen LogP contribution in [0.4, 0.5) is 5.69 Å². The third-order valence-corrected chi connectivity index (χ3v) is 5.74. The van der Waals surface area contributed by atoms with Crippen molar-refractivity contribution in [3.05, 3.63) is 29.3 Å². The molecule has 19 heavy (non-hydrogen) atoms. The van der Waals surface area contributed by atoms with Crippen molar-refractivity contribution in [3.63, 3.8) is 0 Å². The summed E-state index contributed by atoms with van der Waals surface area (Å²) < 4.78 is 26.3. The van der Waals surface area contributed by atoms with Crippen LogP contribution in [0.25, 0.3) is 0 Å². The molecule has 0 saturated carbocycles. The molecule has 0 saturated heterocycles. The maximum atomic E-state index is 12.4. The lowest BCUT2D eigenvalue weighted by atomic mass is 9.99. The molecule has 0 unspecified atom stereocenters. The van der Waals surface area contributed by atoms with Gasteiger partial charge in [-0.1, -0.05) is 12.1 Å². The normalized spacial score (nSPS) is 15.7. The lowest BCUT2D eigenvalue weighted by Gasteiger charge is -2.32. The molecule has 106 valence electrons. The van der Waals surface area contributed by atoms with E-state index >= 15 is 0 Å². The number of rotatable bonds is 4. The molecule has 2 N–H and O–H groups in total. The molecule has 2 rings (SSSR count). The lowest BCUT2D eigenvalue weighted by Crippen LogP contribution is -2.39. The highest BCUT2D eigenvalue weighted by Crippen LogP contribution is 2.31. The summed E-state index contributed by atoms with van der Waals surface area (Å²) in [6, 6.07) is 6.02. The predicted molar refractivity (Wildman–Crippen MR) is 78.9 cm³/mol. The molecule has 0 bridgehead atoms. The van der Waals surface area contributed by atoms with E-state index in [-0.39, 0.29) is 5.25 Å². The summed E-state index contributed by atoms with van der Waals surface area (Å²) >= 11 is 0. The molecule has 4 nitrogen and oxygen atoms in total. The largest absolute Gasteiger partial charge is 0.330 e. The zero-order valence-electron chi connectivity index (χ0n) is 11.6. The van der Waals surface area contributed by atoms with Crippen LogP contribution >= 0.6 is 0 Å². The Morgan fingerprint density at radius 2 is 2.11 bits per heavy atom. The molecule has 0 atom stereocenters. The Bertz CT molecular complexity index is 553. The van der Waals surface area contributed by atoms with E-state index in [1.165, 1.54) is 5.56 Å². The van der Waals surface area contributed by atoms with Crippen LogP contribution in [0, 0.1) is 0 Å². The van der Waals surface area contributed by atoms with Gasteiger partial charge in [-0.25, -0.2) is 8.42 Å². The van der Waals surface area contributed by atoms with E-state index in [9.17, 15) is 8.42 Å². The van der Waals surface area contributed by atoms with Gasteiger partial charge in [-0.3, -0.25) is 4.31 Å². The minimum Gasteiger partial charge on any atom is -0.330 e. The Hall–Kier alpha value is -1.07. The van der Waals surface area contributed by atoms with Crippen molar-refractivity contribution >= 4 is 15.7 Å². The van der Waals surface area contributed by atoms with Crippen molar-refractivity contribution in [1.82, 2.24) is 0 Å². The number of hydrogen-bond acceptors (Lipinski definition) is 3. The summed E-state index contributed by atoms with van der Waals surface area (Å²) in [6.07, 6.45) is 2.66. The van der Waals surface area contributed by atoms with Gasteiger partial charge in [0.2, 0.25) is 10.0 Å². The Balaban J connectivity index is 2.40. The van der Waals surface area contributed by atoms with Crippen LogP contribution in [0.2, 0.25) is 0 Å². The highest BCUT2D eigenvalue weighted by molar-refractivity contribution is 7.93. The first-order chi connectivity index (χ1) is 8.96. The average Bonchev–Trinajstić information content (AvgIpc) is 2.38. The zero-order valence-corrected chi connectivity index (χ0v) is 12.4. The summed E-state index contributed by atoms with van der Waals surface area (Å²) in [4.78, 5) is 0. The lowest BCUT2D eigenvalue weighted by molar-refractivity contribution is 0.578. The number of nitrogens with zero attached hydrogens (tertiary/aromatic N) is 1. The molecule has 0 aliphatic carbocycles. The standard InChI is InChI=1S/C14H22N2O2S/c1-11(2)19(17,18)16-9-3-4-13-10-12(7-8-15)5-6-14(13)16/h5-6,10-11H,3-4,7-9,15H2,1-2H3. The molecule has 0 amide bonds. The van der Waals surface area contributed by atoms with Gasteiger partial charge in [0.25, 0.3) is 0 Å². The van der Waals surface area contributed by atoms with Gasteiger partial charge in [0.1, 0.15) is 0 Å². The number of anilines is 1. The van der Waals surface area contributed by atoms with Gasteiger partial charge in [0.05, 0.1) is 10.9 Å². The number of fused-ring (bicyclic) bond motifs is 1. The first-order valence-corrected chi connectivity index (χ1v) is 8.30. The first-order valence-electron chi connectivity index (χ1n) is 6.80. The van der Waals surface area contributed by atoms with E-state index in [2.05, 4.69) is 6.07 Å². The summed E-state index contributed by atoms with van der Waals surface area (Å²) in [5.74, 6) is 0. The molecular weight excluding hydrogens is 260 g/mol. The van der Waals surface area contributed by atoms with Crippen molar-refractivity contribution in [2.75, 3.05) is 17.4 Å². The van der Waals surface area contributed by atoms with Crippen LogP contribution in [0.3, 0.4) is 0 Å². The summed E-state index contributed by atoms with van der Waals surface area (Å²) in [5, 5.41) is -0.387. The summed E-state index contributed by atoms with van der Waals surface area (Å²) in [7, 11) is -3.23. The molecule has 1 aliphatic rings. The second kappa shape index (κ2) is 5.51. The number of hydrogen-bond donors (Lipinski definition) is 1. The van der Waals surface area contributed by atoms with Gasteiger partial charge in [-0.05, 0) is 56.8 Å². The first kappa shape index (κ1) is 14.3. The third kappa shape index (κ3) is 2.77. The Kier molecular flexibility index (Phi) is 4.16.